The Labute approximate surface area is 203 Å². The summed E-state index contributed by atoms with van der Waals surface area (Å²) in [5, 5.41) is 8.43. The number of hydrogen-bond donors (Lipinski definition) is 2. The SMILES string of the molecule is COc1c(C(=O)Nc2ccc(NC(=O)c3cc4ccccc4o3)cc2)cc2ccccc2c1Br. The largest absolute Gasteiger partial charge is 0.495 e. The molecule has 0 aliphatic rings. The van der Waals surface area contributed by atoms with Gasteiger partial charge in [-0.2, -0.15) is 0 Å². The van der Waals surface area contributed by atoms with E-state index in [0.29, 0.717) is 28.3 Å². The van der Waals surface area contributed by atoms with Crippen LogP contribution >= 0.6 is 15.9 Å². The van der Waals surface area contributed by atoms with E-state index in [-0.39, 0.29) is 17.6 Å². The van der Waals surface area contributed by atoms with Gasteiger partial charge in [0.15, 0.2) is 5.76 Å². The highest BCUT2D eigenvalue weighted by Gasteiger charge is 2.18. The first-order valence-corrected chi connectivity index (χ1v) is 11.3. The van der Waals surface area contributed by atoms with Crippen LogP contribution in [0.3, 0.4) is 0 Å². The van der Waals surface area contributed by atoms with E-state index in [1.807, 2.05) is 48.5 Å². The average molecular weight is 515 g/mol. The Morgan fingerprint density at radius 1 is 0.794 bits per heavy atom. The summed E-state index contributed by atoms with van der Waals surface area (Å²) in [6, 6.07) is 25.6. The minimum absolute atomic E-state index is 0.229. The smallest absolute Gasteiger partial charge is 0.291 e. The average Bonchev–Trinajstić information content (AvgIpc) is 3.30. The summed E-state index contributed by atoms with van der Waals surface area (Å²) in [5.41, 5.74) is 2.23. The number of anilines is 2. The van der Waals surface area contributed by atoms with Crippen molar-refractivity contribution in [1.82, 2.24) is 0 Å². The number of hydrogen-bond acceptors (Lipinski definition) is 4. The van der Waals surface area contributed by atoms with Crippen molar-refractivity contribution in [3.8, 4) is 5.75 Å². The third-order valence-corrected chi connectivity index (χ3v) is 6.23. The van der Waals surface area contributed by atoms with Crippen LogP contribution in [0.15, 0.2) is 93.8 Å². The van der Waals surface area contributed by atoms with Crippen molar-refractivity contribution in [2.45, 2.75) is 0 Å². The fourth-order valence-electron chi connectivity index (χ4n) is 3.77. The van der Waals surface area contributed by atoms with Gasteiger partial charge in [0.2, 0.25) is 0 Å². The van der Waals surface area contributed by atoms with Gasteiger partial charge in [0.25, 0.3) is 11.8 Å². The van der Waals surface area contributed by atoms with Crippen LogP contribution in [-0.4, -0.2) is 18.9 Å². The molecule has 34 heavy (non-hydrogen) atoms. The summed E-state index contributed by atoms with van der Waals surface area (Å²) in [5.74, 6) is 0.0413. The number of para-hydroxylation sites is 1. The number of amides is 2. The second-order valence-corrected chi connectivity index (χ2v) is 8.42. The Kier molecular flexibility index (Phi) is 5.77. The van der Waals surface area contributed by atoms with Crippen molar-refractivity contribution in [2.24, 2.45) is 0 Å². The molecule has 0 aliphatic carbocycles. The minimum atomic E-state index is -0.348. The Morgan fingerprint density at radius 3 is 2.09 bits per heavy atom. The van der Waals surface area contributed by atoms with Crippen LogP contribution in [0, 0.1) is 0 Å². The molecule has 0 bridgehead atoms. The van der Waals surface area contributed by atoms with Gasteiger partial charge >= 0.3 is 0 Å². The summed E-state index contributed by atoms with van der Waals surface area (Å²) >= 11 is 3.56. The zero-order chi connectivity index (χ0) is 23.7. The third kappa shape index (κ3) is 4.13. The lowest BCUT2D eigenvalue weighted by Gasteiger charge is -2.14. The molecule has 0 radical (unpaired) electrons. The van der Waals surface area contributed by atoms with Gasteiger partial charge in [0.1, 0.15) is 11.3 Å². The molecule has 1 aromatic heterocycles. The van der Waals surface area contributed by atoms with Crippen LogP contribution in [-0.2, 0) is 0 Å². The van der Waals surface area contributed by atoms with Gasteiger partial charge < -0.3 is 19.8 Å². The number of furan rings is 1. The van der Waals surface area contributed by atoms with E-state index in [4.69, 9.17) is 9.15 Å². The number of fused-ring (bicyclic) bond motifs is 2. The van der Waals surface area contributed by atoms with Crippen LogP contribution in [0.4, 0.5) is 11.4 Å². The van der Waals surface area contributed by atoms with Gasteiger partial charge in [-0.05, 0) is 69.2 Å². The lowest BCUT2D eigenvalue weighted by molar-refractivity contribution is 0.0996. The zero-order valence-electron chi connectivity index (χ0n) is 18.1. The molecule has 4 aromatic carbocycles. The number of nitrogens with one attached hydrogen (secondary N) is 2. The summed E-state index contributed by atoms with van der Waals surface area (Å²) in [6.45, 7) is 0. The van der Waals surface area contributed by atoms with Crippen molar-refractivity contribution < 1.29 is 18.7 Å². The molecule has 0 unspecified atom stereocenters. The van der Waals surface area contributed by atoms with Gasteiger partial charge in [-0.3, -0.25) is 9.59 Å². The number of benzene rings is 4. The molecule has 5 aromatic rings. The van der Waals surface area contributed by atoms with Crippen molar-refractivity contribution in [1.29, 1.82) is 0 Å². The van der Waals surface area contributed by atoms with Crippen LogP contribution in [0.25, 0.3) is 21.7 Å². The number of methoxy groups -OCH3 is 1. The monoisotopic (exact) mass is 514 g/mol. The molecule has 7 heteroatoms. The van der Waals surface area contributed by atoms with Gasteiger partial charge in [0, 0.05) is 16.8 Å². The van der Waals surface area contributed by atoms with E-state index < -0.39 is 0 Å². The molecule has 5 rings (SSSR count). The first kappa shape index (κ1) is 21.7. The second-order valence-electron chi connectivity index (χ2n) is 7.63. The van der Waals surface area contributed by atoms with E-state index >= 15 is 0 Å². The molecule has 0 spiro atoms. The molecule has 2 N–H and O–H groups in total. The third-order valence-electron chi connectivity index (χ3n) is 5.44. The quantitative estimate of drug-likeness (QED) is 0.268. The Hall–Kier alpha value is -4.10. The van der Waals surface area contributed by atoms with Crippen molar-refractivity contribution in [3.05, 3.63) is 101 Å². The Bertz CT molecular complexity index is 1510. The first-order valence-electron chi connectivity index (χ1n) is 10.5. The second kappa shape index (κ2) is 9.03. The van der Waals surface area contributed by atoms with Gasteiger partial charge in [-0.25, -0.2) is 0 Å². The van der Waals surface area contributed by atoms with E-state index in [2.05, 4.69) is 26.6 Å². The number of carbonyl (C=O) groups excluding carboxylic acids is 2. The van der Waals surface area contributed by atoms with Crippen molar-refractivity contribution in [2.75, 3.05) is 17.7 Å². The number of carbonyl (C=O) groups is 2. The highest BCUT2D eigenvalue weighted by atomic mass is 79.9. The fraction of sp³-hybridized carbons (Fsp3) is 0.0370. The molecule has 0 atom stereocenters. The predicted molar refractivity (Wildman–Crippen MR) is 137 cm³/mol. The summed E-state index contributed by atoms with van der Waals surface area (Å²) < 4.78 is 11.8. The van der Waals surface area contributed by atoms with Crippen molar-refractivity contribution >= 4 is 60.9 Å². The molecule has 0 fully saturated rings. The molecule has 0 saturated carbocycles. The van der Waals surface area contributed by atoms with Crippen LogP contribution in [0.2, 0.25) is 0 Å². The topological polar surface area (TPSA) is 80.6 Å². The fourth-order valence-corrected chi connectivity index (χ4v) is 4.51. The van der Waals surface area contributed by atoms with Gasteiger partial charge in [-0.1, -0.05) is 42.5 Å². The first-order chi connectivity index (χ1) is 16.5. The number of rotatable bonds is 5. The van der Waals surface area contributed by atoms with Crippen LogP contribution in [0.1, 0.15) is 20.9 Å². The number of halogens is 1. The van der Waals surface area contributed by atoms with E-state index in [1.54, 1.807) is 36.4 Å². The van der Waals surface area contributed by atoms with E-state index in [1.165, 1.54) is 7.11 Å². The van der Waals surface area contributed by atoms with Crippen LogP contribution in [0.5, 0.6) is 5.75 Å². The van der Waals surface area contributed by atoms with Crippen molar-refractivity contribution in [3.63, 3.8) is 0 Å². The molecule has 0 aliphatic heterocycles. The Morgan fingerprint density at radius 2 is 1.41 bits per heavy atom. The highest BCUT2D eigenvalue weighted by Crippen LogP contribution is 2.37. The van der Waals surface area contributed by atoms with E-state index in [0.717, 1.165) is 20.6 Å². The normalized spacial score (nSPS) is 10.9. The number of ether oxygens (including phenoxy) is 1. The highest BCUT2D eigenvalue weighted by molar-refractivity contribution is 9.10. The molecule has 6 nitrogen and oxygen atoms in total. The molecular weight excluding hydrogens is 496 g/mol. The lowest BCUT2D eigenvalue weighted by atomic mass is 10.1. The van der Waals surface area contributed by atoms with Gasteiger partial charge in [0.05, 0.1) is 17.1 Å². The van der Waals surface area contributed by atoms with Crippen LogP contribution < -0.4 is 15.4 Å². The molecule has 1 heterocycles. The minimum Gasteiger partial charge on any atom is -0.495 e. The maximum absolute atomic E-state index is 13.0. The molecule has 0 saturated heterocycles. The zero-order valence-corrected chi connectivity index (χ0v) is 19.7. The van der Waals surface area contributed by atoms with E-state index in [9.17, 15) is 9.59 Å². The molecule has 168 valence electrons. The van der Waals surface area contributed by atoms with Gasteiger partial charge in [-0.15, -0.1) is 0 Å². The summed E-state index contributed by atoms with van der Waals surface area (Å²) in [4.78, 5) is 25.6. The predicted octanol–water partition coefficient (Wildman–Crippen LogP) is 6.86. The Balaban J connectivity index is 1.32. The maximum Gasteiger partial charge on any atom is 0.291 e. The molecular formula is C27H19BrN2O4. The standard InChI is InChI=1S/C27H19BrN2O4/c1-33-25-21(14-16-6-2-4-8-20(16)24(25)28)26(31)29-18-10-12-19(13-11-18)30-27(32)23-15-17-7-3-5-9-22(17)34-23/h2-15H,1H3,(H,29,31)(H,30,32). The maximum atomic E-state index is 13.0. The summed E-state index contributed by atoms with van der Waals surface area (Å²) in [7, 11) is 1.53. The summed E-state index contributed by atoms with van der Waals surface area (Å²) in [6.07, 6.45) is 0. The molecule has 2 amide bonds. The lowest BCUT2D eigenvalue weighted by Crippen LogP contribution is -2.14.